The van der Waals surface area contributed by atoms with E-state index in [4.69, 9.17) is 19.7 Å². The predicted octanol–water partition coefficient (Wildman–Crippen LogP) is 6.97. The van der Waals surface area contributed by atoms with Crippen LogP contribution in [0.3, 0.4) is 0 Å². The monoisotopic (exact) mass is 624 g/mol. The zero-order chi connectivity index (χ0) is 32.7. The van der Waals surface area contributed by atoms with Crippen molar-refractivity contribution in [3.8, 4) is 44.9 Å². The zero-order valence-corrected chi connectivity index (χ0v) is 26.7. The summed E-state index contributed by atoms with van der Waals surface area (Å²) in [5, 5.41) is 23.8. The van der Waals surface area contributed by atoms with E-state index in [1.54, 1.807) is 0 Å². The third-order valence-corrected chi connectivity index (χ3v) is 7.87. The van der Waals surface area contributed by atoms with Gasteiger partial charge in [0.2, 0.25) is 0 Å². The smallest absolute Gasteiger partial charge is 0.303 e. The second kappa shape index (κ2) is 17.7. The molecule has 8 heteroatoms. The van der Waals surface area contributed by atoms with E-state index in [2.05, 4.69) is 85.1 Å². The molecule has 46 heavy (non-hydrogen) atoms. The summed E-state index contributed by atoms with van der Waals surface area (Å²) >= 11 is 0. The Labute approximate surface area is 271 Å². The van der Waals surface area contributed by atoms with Crippen molar-refractivity contribution >= 4 is 11.9 Å². The van der Waals surface area contributed by atoms with Crippen LogP contribution in [0.2, 0.25) is 0 Å². The standard InChI is InChI=1S/C38H44N2O6/c1-27-33(29-13-17-31(18-14-29)45-25-23-39-21-5-11-37(41)42)7-3-9-35(27)36-10-4-8-34(28(36)2)30-15-19-32(20-16-30)46-26-24-40-22-6-12-38(43)44/h3-4,7-10,13-20,39-40H,5-6,11-12,21-26H2,1-2H3,(H,41,42)(H,43,44). The molecule has 0 unspecified atom stereocenters. The number of rotatable bonds is 19. The van der Waals surface area contributed by atoms with Crippen LogP contribution in [0.4, 0.5) is 0 Å². The minimum absolute atomic E-state index is 0.172. The highest BCUT2D eigenvalue weighted by molar-refractivity contribution is 5.83. The maximum Gasteiger partial charge on any atom is 0.303 e. The van der Waals surface area contributed by atoms with Crippen LogP contribution in [0.25, 0.3) is 33.4 Å². The molecule has 4 rings (SSSR count). The number of carboxylic acids is 2. The molecule has 0 bridgehead atoms. The fraction of sp³-hybridized carbons (Fsp3) is 0.316. The van der Waals surface area contributed by atoms with Crippen LogP contribution in [0, 0.1) is 13.8 Å². The van der Waals surface area contributed by atoms with Crippen LogP contribution in [-0.2, 0) is 9.59 Å². The molecular weight excluding hydrogens is 580 g/mol. The van der Waals surface area contributed by atoms with Crippen LogP contribution in [0.1, 0.15) is 36.8 Å². The summed E-state index contributed by atoms with van der Waals surface area (Å²) in [5.74, 6) is 0.0562. The Balaban J connectivity index is 1.37. The Morgan fingerprint density at radius 2 is 0.913 bits per heavy atom. The van der Waals surface area contributed by atoms with Crippen molar-refractivity contribution in [3.63, 3.8) is 0 Å². The van der Waals surface area contributed by atoms with E-state index in [-0.39, 0.29) is 12.8 Å². The van der Waals surface area contributed by atoms with Gasteiger partial charge in [-0.1, -0.05) is 60.7 Å². The molecule has 0 amide bonds. The first-order valence-electron chi connectivity index (χ1n) is 15.8. The maximum absolute atomic E-state index is 10.6. The topological polar surface area (TPSA) is 117 Å². The van der Waals surface area contributed by atoms with E-state index in [0.717, 1.165) is 22.6 Å². The molecule has 4 aromatic carbocycles. The number of nitrogens with one attached hydrogen (secondary N) is 2. The van der Waals surface area contributed by atoms with Gasteiger partial charge in [-0.15, -0.1) is 0 Å². The van der Waals surface area contributed by atoms with E-state index in [9.17, 15) is 9.59 Å². The van der Waals surface area contributed by atoms with Gasteiger partial charge in [-0.3, -0.25) is 9.59 Å². The number of carbonyl (C=O) groups is 2. The maximum atomic E-state index is 10.6. The average molecular weight is 625 g/mol. The molecule has 0 saturated heterocycles. The van der Waals surface area contributed by atoms with Crippen LogP contribution < -0.4 is 20.1 Å². The van der Waals surface area contributed by atoms with E-state index < -0.39 is 11.9 Å². The van der Waals surface area contributed by atoms with Gasteiger partial charge in [0.25, 0.3) is 0 Å². The van der Waals surface area contributed by atoms with Crippen molar-refractivity contribution in [2.45, 2.75) is 39.5 Å². The normalized spacial score (nSPS) is 10.9. The lowest BCUT2D eigenvalue weighted by Gasteiger charge is -2.17. The Morgan fingerprint density at radius 1 is 0.543 bits per heavy atom. The molecule has 0 aliphatic rings. The van der Waals surface area contributed by atoms with Crippen molar-refractivity contribution in [2.24, 2.45) is 0 Å². The van der Waals surface area contributed by atoms with Gasteiger partial charge in [0.05, 0.1) is 0 Å². The fourth-order valence-electron chi connectivity index (χ4n) is 5.40. The predicted molar refractivity (Wildman–Crippen MR) is 183 cm³/mol. The summed E-state index contributed by atoms with van der Waals surface area (Å²) in [6.45, 7) is 8.02. The summed E-state index contributed by atoms with van der Waals surface area (Å²) in [4.78, 5) is 21.2. The number of carboxylic acid groups (broad SMARTS) is 2. The van der Waals surface area contributed by atoms with Crippen molar-refractivity contribution in [3.05, 3.63) is 96.1 Å². The van der Waals surface area contributed by atoms with Crippen molar-refractivity contribution in [1.29, 1.82) is 0 Å². The Kier molecular flexibility index (Phi) is 13.2. The zero-order valence-electron chi connectivity index (χ0n) is 26.7. The van der Waals surface area contributed by atoms with Gasteiger partial charge in [-0.05, 0) is 109 Å². The highest BCUT2D eigenvalue weighted by Crippen LogP contribution is 2.37. The quantitative estimate of drug-likeness (QED) is 0.0827. The van der Waals surface area contributed by atoms with E-state index >= 15 is 0 Å². The SMILES string of the molecule is Cc1c(-c2ccc(OCCNCCCC(=O)O)cc2)cccc1-c1cccc(-c2ccc(OCCNCCCC(=O)O)cc2)c1C. The molecule has 0 heterocycles. The van der Waals surface area contributed by atoms with Crippen molar-refractivity contribution < 1.29 is 29.3 Å². The number of hydrogen-bond acceptors (Lipinski definition) is 6. The van der Waals surface area contributed by atoms with E-state index in [1.807, 2.05) is 24.3 Å². The number of ether oxygens (including phenoxy) is 2. The summed E-state index contributed by atoms with van der Waals surface area (Å²) < 4.78 is 11.7. The second-order valence-corrected chi connectivity index (χ2v) is 11.2. The Morgan fingerprint density at radius 3 is 1.28 bits per heavy atom. The van der Waals surface area contributed by atoms with Crippen LogP contribution in [-0.4, -0.2) is 61.5 Å². The molecule has 4 aromatic rings. The number of aliphatic carboxylic acids is 2. The molecule has 0 aliphatic heterocycles. The molecule has 0 saturated carbocycles. The number of benzene rings is 4. The highest BCUT2D eigenvalue weighted by Gasteiger charge is 2.13. The fourth-order valence-corrected chi connectivity index (χ4v) is 5.40. The third-order valence-electron chi connectivity index (χ3n) is 7.87. The molecule has 0 spiro atoms. The summed E-state index contributed by atoms with van der Waals surface area (Å²) in [5.41, 5.74) is 9.41. The van der Waals surface area contributed by atoms with Gasteiger partial charge in [0.15, 0.2) is 0 Å². The first kappa shape index (κ1) is 34.2. The largest absolute Gasteiger partial charge is 0.492 e. The lowest BCUT2D eigenvalue weighted by molar-refractivity contribution is -0.138. The lowest BCUT2D eigenvalue weighted by atomic mass is 9.88. The average Bonchev–Trinajstić information content (AvgIpc) is 3.05. The molecule has 0 fully saturated rings. The van der Waals surface area contributed by atoms with Crippen LogP contribution >= 0.6 is 0 Å². The molecule has 242 valence electrons. The van der Waals surface area contributed by atoms with Gasteiger partial charge in [-0.2, -0.15) is 0 Å². The third kappa shape index (κ3) is 10.2. The highest BCUT2D eigenvalue weighted by atomic mass is 16.5. The minimum Gasteiger partial charge on any atom is -0.492 e. The van der Waals surface area contributed by atoms with Gasteiger partial charge in [0.1, 0.15) is 24.7 Å². The number of hydrogen-bond donors (Lipinski definition) is 4. The molecule has 0 aliphatic carbocycles. The van der Waals surface area contributed by atoms with Crippen LogP contribution in [0.5, 0.6) is 11.5 Å². The molecule has 0 radical (unpaired) electrons. The van der Waals surface area contributed by atoms with E-state index in [0.29, 0.717) is 52.2 Å². The molecular formula is C38H44N2O6. The molecule has 0 atom stereocenters. The molecule has 4 N–H and O–H groups in total. The molecule has 8 nitrogen and oxygen atoms in total. The Hall–Kier alpha value is -4.66. The summed E-state index contributed by atoms with van der Waals surface area (Å²) in [7, 11) is 0. The van der Waals surface area contributed by atoms with Crippen molar-refractivity contribution in [1.82, 2.24) is 10.6 Å². The second-order valence-electron chi connectivity index (χ2n) is 11.2. The van der Waals surface area contributed by atoms with Gasteiger partial charge in [-0.25, -0.2) is 0 Å². The van der Waals surface area contributed by atoms with Crippen LogP contribution in [0.15, 0.2) is 84.9 Å². The first-order valence-corrected chi connectivity index (χ1v) is 15.8. The lowest BCUT2D eigenvalue weighted by Crippen LogP contribution is -2.22. The molecule has 0 aromatic heterocycles. The van der Waals surface area contributed by atoms with E-state index in [1.165, 1.54) is 33.4 Å². The van der Waals surface area contributed by atoms with Gasteiger partial charge >= 0.3 is 11.9 Å². The first-order chi connectivity index (χ1) is 22.3. The van der Waals surface area contributed by atoms with Crippen molar-refractivity contribution in [2.75, 3.05) is 39.4 Å². The Bertz CT molecular complexity index is 1450. The van der Waals surface area contributed by atoms with Gasteiger partial charge < -0.3 is 30.3 Å². The summed E-state index contributed by atoms with van der Waals surface area (Å²) in [6, 6.07) is 29.2. The minimum atomic E-state index is -0.772. The van der Waals surface area contributed by atoms with Gasteiger partial charge in [0, 0.05) is 25.9 Å². The summed E-state index contributed by atoms with van der Waals surface area (Å²) in [6.07, 6.45) is 1.56.